The summed E-state index contributed by atoms with van der Waals surface area (Å²) in [6, 6.07) is 24.9. The van der Waals surface area contributed by atoms with Crippen molar-refractivity contribution >= 4 is 22.9 Å². The molecule has 0 bridgehead atoms. The van der Waals surface area contributed by atoms with Gasteiger partial charge in [0.15, 0.2) is 0 Å². The molecule has 6 heteroatoms. The minimum Gasteiger partial charge on any atom is -0.497 e. The van der Waals surface area contributed by atoms with Gasteiger partial charge in [0.1, 0.15) is 28.8 Å². The van der Waals surface area contributed by atoms with Crippen LogP contribution in [0.2, 0.25) is 0 Å². The fourth-order valence-corrected chi connectivity index (χ4v) is 3.71. The van der Waals surface area contributed by atoms with Crippen LogP contribution in [0.25, 0.3) is 10.6 Å². The molecule has 0 saturated heterocycles. The molecule has 0 fully saturated rings. The normalized spacial score (nSPS) is 10.4. The number of anilines is 1. The van der Waals surface area contributed by atoms with Crippen LogP contribution >= 0.6 is 11.3 Å². The minimum absolute atomic E-state index is 0.259. The smallest absolute Gasteiger partial charge is 0.275 e. The van der Waals surface area contributed by atoms with E-state index in [0.29, 0.717) is 18.0 Å². The molecule has 1 N–H and O–H groups in total. The van der Waals surface area contributed by atoms with E-state index in [1.807, 2.05) is 54.6 Å². The second-order valence-corrected chi connectivity index (χ2v) is 7.35. The van der Waals surface area contributed by atoms with E-state index in [1.54, 1.807) is 36.8 Å². The summed E-state index contributed by atoms with van der Waals surface area (Å²) < 4.78 is 11.2. The molecule has 1 heterocycles. The fraction of sp³-hybridized carbons (Fsp3) is 0.0833. The van der Waals surface area contributed by atoms with Crippen LogP contribution in [0.15, 0.2) is 84.2 Å². The van der Waals surface area contributed by atoms with Crippen molar-refractivity contribution in [1.29, 1.82) is 0 Å². The van der Waals surface area contributed by atoms with Crippen LogP contribution in [0.3, 0.4) is 0 Å². The third-order valence-electron chi connectivity index (χ3n) is 4.44. The summed E-state index contributed by atoms with van der Waals surface area (Å²) in [6.45, 7) is 0.466. The van der Waals surface area contributed by atoms with Crippen molar-refractivity contribution in [2.45, 2.75) is 6.61 Å². The molecule has 0 aliphatic carbocycles. The van der Waals surface area contributed by atoms with E-state index in [-0.39, 0.29) is 5.91 Å². The van der Waals surface area contributed by atoms with Gasteiger partial charge in [-0.05, 0) is 42.0 Å². The minimum atomic E-state index is -0.259. The lowest BCUT2D eigenvalue weighted by molar-refractivity contribution is 0.102. The highest BCUT2D eigenvalue weighted by molar-refractivity contribution is 7.13. The Balaban J connectivity index is 1.48. The molecule has 3 aromatic carbocycles. The topological polar surface area (TPSA) is 60.5 Å². The van der Waals surface area contributed by atoms with E-state index < -0.39 is 0 Å². The predicted octanol–water partition coefficient (Wildman–Crippen LogP) is 5.65. The van der Waals surface area contributed by atoms with E-state index in [9.17, 15) is 4.79 Å². The summed E-state index contributed by atoms with van der Waals surface area (Å²) >= 11 is 1.41. The molecule has 5 nitrogen and oxygen atoms in total. The van der Waals surface area contributed by atoms with E-state index in [2.05, 4.69) is 10.3 Å². The second-order valence-electron chi connectivity index (χ2n) is 6.49. The van der Waals surface area contributed by atoms with Gasteiger partial charge in [0, 0.05) is 11.1 Å². The first-order valence-corrected chi connectivity index (χ1v) is 10.3. The maximum Gasteiger partial charge on any atom is 0.275 e. The first-order chi connectivity index (χ1) is 14.7. The number of hydrogen-bond acceptors (Lipinski definition) is 5. The number of ether oxygens (including phenoxy) is 2. The van der Waals surface area contributed by atoms with Gasteiger partial charge in [-0.15, -0.1) is 11.3 Å². The molecular formula is C24H20N2O3S. The van der Waals surface area contributed by atoms with Gasteiger partial charge >= 0.3 is 0 Å². The third kappa shape index (κ3) is 4.67. The number of rotatable bonds is 7. The zero-order chi connectivity index (χ0) is 20.8. The van der Waals surface area contributed by atoms with Crippen LogP contribution < -0.4 is 14.8 Å². The molecule has 30 heavy (non-hydrogen) atoms. The second kappa shape index (κ2) is 9.24. The Kier molecular flexibility index (Phi) is 6.06. The van der Waals surface area contributed by atoms with Crippen molar-refractivity contribution in [2.75, 3.05) is 12.4 Å². The van der Waals surface area contributed by atoms with Gasteiger partial charge in [0.2, 0.25) is 0 Å². The van der Waals surface area contributed by atoms with Crippen LogP contribution in [0, 0.1) is 0 Å². The van der Waals surface area contributed by atoms with E-state index in [1.165, 1.54) is 11.3 Å². The zero-order valence-corrected chi connectivity index (χ0v) is 17.2. The van der Waals surface area contributed by atoms with Crippen LogP contribution in [0.1, 0.15) is 16.1 Å². The summed E-state index contributed by atoms with van der Waals surface area (Å²) in [5.41, 5.74) is 3.00. The predicted molar refractivity (Wildman–Crippen MR) is 119 cm³/mol. The number of thiazole rings is 1. The molecule has 0 aliphatic rings. The Hall–Kier alpha value is -3.64. The highest BCUT2D eigenvalue weighted by atomic mass is 32.1. The van der Waals surface area contributed by atoms with Crippen molar-refractivity contribution in [2.24, 2.45) is 0 Å². The van der Waals surface area contributed by atoms with Crippen LogP contribution in [0.4, 0.5) is 5.69 Å². The molecule has 0 unspecified atom stereocenters. The summed E-state index contributed by atoms with van der Waals surface area (Å²) in [4.78, 5) is 17.1. The van der Waals surface area contributed by atoms with Crippen molar-refractivity contribution in [3.63, 3.8) is 0 Å². The average Bonchev–Trinajstić information content (AvgIpc) is 3.29. The lowest BCUT2D eigenvalue weighted by Crippen LogP contribution is -2.12. The first-order valence-electron chi connectivity index (χ1n) is 9.40. The number of carbonyl (C=O) groups is 1. The van der Waals surface area contributed by atoms with Crippen LogP contribution in [0.5, 0.6) is 11.5 Å². The van der Waals surface area contributed by atoms with Gasteiger partial charge in [-0.3, -0.25) is 4.79 Å². The molecule has 0 radical (unpaired) electrons. The lowest BCUT2D eigenvalue weighted by Gasteiger charge is -2.10. The number of carbonyl (C=O) groups excluding carboxylic acids is 1. The maximum absolute atomic E-state index is 12.6. The molecule has 0 saturated carbocycles. The van der Waals surface area contributed by atoms with Crippen molar-refractivity contribution in [3.8, 4) is 22.1 Å². The number of para-hydroxylation sites is 1. The number of benzene rings is 3. The molecule has 0 atom stereocenters. The number of nitrogens with zero attached hydrogens (tertiary/aromatic N) is 1. The Morgan fingerprint density at radius 1 is 0.967 bits per heavy atom. The van der Waals surface area contributed by atoms with Crippen molar-refractivity contribution < 1.29 is 14.3 Å². The Bertz CT molecular complexity index is 1120. The maximum atomic E-state index is 12.6. The number of amides is 1. The molecule has 4 rings (SSSR count). The standard InChI is InChI=1S/C24H20N2O3S/c1-28-19-13-11-18(12-14-19)25-23(27)21-16-30-24(26-21)20-9-5-6-10-22(20)29-15-17-7-3-2-4-8-17/h2-14,16H,15H2,1H3,(H,25,27). The lowest BCUT2D eigenvalue weighted by atomic mass is 10.2. The van der Waals surface area contributed by atoms with E-state index in [0.717, 1.165) is 27.6 Å². The van der Waals surface area contributed by atoms with Gasteiger partial charge in [0.25, 0.3) is 5.91 Å². The van der Waals surface area contributed by atoms with Crippen molar-refractivity contribution in [3.05, 3.63) is 95.5 Å². The molecular weight excluding hydrogens is 396 g/mol. The van der Waals surface area contributed by atoms with Gasteiger partial charge in [-0.1, -0.05) is 42.5 Å². The zero-order valence-electron chi connectivity index (χ0n) is 16.4. The molecule has 0 aliphatic heterocycles. The summed E-state index contributed by atoms with van der Waals surface area (Å²) in [5, 5.41) is 5.34. The SMILES string of the molecule is COc1ccc(NC(=O)c2csc(-c3ccccc3OCc3ccccc3)n2)cc1. The largest absolute Gasteiger partial charge is 0.497 e. The number of nitrogens with one attached hydrogen (secondary N) is 1. The Labute approximate surface area is 178 Å². The number of aromatic nitrogens is 1. The molecule has 150 valence electrons. The van der Waals surface area contributed by atoms with Crippen molar-refractivity contribution in [1.82, 2.24) is 4.98 Å². The average molecular weight is 417 g/mol. The van der Waals surface area contributed by atoms with E-state index >= 15 is 0 Å². The number of methoxy groups -OCH3 is 1. The van der Waals surface area contributed by atoms with Crippen LogP contribution in [-0.2, 0) is 6.61 Å². The van der Waals surface area contributed by atoms with Gasteiger partial charge < -0.3 is 14.8 Å². The number of hydrogen-bond donors (Lipinski definition) is 1. The molecule has 1 aromatic heterocycles. The third-order valence-corrected chi connectivity index (χ3v) is 5.31. The van der Waals surface area contributed by atoms with Gasteiger partial charge in [-0.25, -0.2) is 4.98 Å². The first kappa shape index (κ1) is 19.7. The molecule has 1 amide bonds. The Morgan fingerprint density at radius 2 is 1.70 bits per heavy atom. The van der Waals surface area contributed by atoms with E-state index in [4.69, 9.17) is 9.47 Å². The summed E-state index contributed by atoms with van der Waals surface area (Å²) in [5.74, 6) is 1.21. The summed E-state index contributed by atoms with van der Waals surface area (Å²) in [7, 11) is 1.60. The molecule has 0 spiro atoms. The fourth-order valence-electron chi connectivity index (χ4n) is 2.88. The Morgan fingerprint density at radius 3 is 2.47 bits per heavy atom. The molecule has 4 aromatic rings. The summed E-state index contributed by atoms with van der Waals surface area (Å²) in [6.07, 6.45) is 0. The van der Waals surface area contributed by atoms with Gasteiger partial charge in [0.05, 0.1) is 12.7 Å². The highest BCUT2D eigenvalue weighted by Gasteiger charge is 2.15. The monoisotopic (exact) mass is 416 g/mol. The van der Waals surface area contributed by atoms with Crippen LogP contribution in [-0.4, -0.2) is 18.0 Å². The quantitative estimate of drug-likeness (QED) is 0.423. The van der Waals surface area contributed by atoms with Gasteiger partial charge in [-0.2, -0.15) is 0 Å². The highest BCUT2D eigenvalue weighted by Crippen LogP contribution is 2.33.